The molecule has 0 radical (unpaired) electrons. The highest BCUT2D eigenvalue weighted by Gasteiger charge is 2.17. The molecule has 1 heterocycles. The van der Waals surface area contributed by atoms with Gasteiger partial charge in [-0.1, -0.05) is 40.9 Å². The van der Waals surface area contributed by atoms with E-state index in [2.05, 4.69) is 15.1 Å². The molecular weight excluding hydrogens is 393 g/mol. The predicted molar refractivity (Wildman–Crippen MR) is 111 cm³/mol. The van der Waals surface area contributed by atoms with Gasteiger partial charge in [0, 0.05) is 41.2 Å². The number of rotatable bonds is 4. The van der Waals surface area contributed by atoms with Crippen molar-refractivity contribution in [1.82, 2.24) is 9.99 Å². The Morgan fingerprint density at radius 2 is 1.96 bits per heavy atom. The van der Waals surface area contributed by atoms with E-state index in [1.165, 1.54) is 0 Å². The van der Waals surface area contributed by atoms with Crippen LogP contribution in [-0.4, -0.2) is 16.7 Å². The summed E-state index contributed by atoms with van der Waals surface area (Å²) in [5, 5.41) is 13.8. The van der Waals surface area contributed by atoms with E-state index in [1.54, 1.807) is 12.3 Å². The maximum Gasteiger partial charge on any atom is 0.206 e. The molecule has 0 aliphatic carbocycles. The zero-order valence-electron chi connectivity index (χ0n) is 13.9. The van der Waals surface area contributed by atoms with E-state index < -0.39 is 0 Å². The van der Waals surface area contributed by atoms with Gasteiger partial charge in [-0.05, 0) is 35.9 Å². The second-order valence-corrected chi connectivity index (χ2v) is 6.97. The zero-order chi connectivity index (χ0) is 18.8. The van der Waals surface area contributed by atoms with E-state index in [0.717, 1.165) is 27.7 Å². The third-order valence-electron chi connectivity index (χ3n) is 4.03. The quantitative estimate of drug-likeness (QED) is 0.329. The first-order valence-electron chi connectivity index (χ1n) is 7.72. The molecule has 0 unspecified atom stereocenters. The van der Waals surface area contributed by atoms with E-state index >= 15 is 0 Å². The highest BCUT2D eigenvalue weighted by molar-refractivity contribution is 6.42. The summed E-state index contributed by atoms with van der Waals surface area (Å²) < 4.78 is 2.09. The number of hydrogen-bond acceptors (Lipinski definition) is 2. The molecule has 3 rings (SSSR count). The fourth-order valence-electron chi connectivity index (χ4n) is 2.96. The maximum atomic E-state index is 7.17. The Morgan fingerprint density at radius 3 is 2.65 bits per heavy atom. The monoisotopic (exact) mass is 407 g/mol. The average Bonchev–Trinajstić information content (AvgIpc) is 2.85. The molecule has 0 atom stereocenters. The van der Waals surface area contributed by atoms with Crippen molar-refractivity contribution >= 4 is 57.9 Å². The van der Waals surface area contributed by atoms with Crippen molar-refractivity contribution in [3.8, 4) is 11.3 Å². The molecule has 0 saturated carbocycles. The first kappa shape index (κ1) is 18.6. The van der Waals surface area contributed by atoms with Gasteiger partial charge in [-0.2, -0.15) is 5.10 Å². The summed E-state index contributed by atoms with van der Waals surface area (Å²) >= 11 is 18.5. The van der Waals surface area contributed by atoms with Gasteiger partial charge in [0.05, 0.1) is 15.7 Å². The van der Waals surface area contributed by atoms with Gasteiger partial charge in [0.1, 0.15) is 0 Å². The Bertz CT molecular complexity index is 1020. The lowest BCUT2D eigenvalue weighted by Crippen LogP contribution is -2.25. The summed E-state index contributed by atoms with van der Waals surface area (Å²) in [4.78, 5) is 0. The van der Waals surface area contributed by atoms with Gasteiger partial charge >= 0.3 is 0 Å². The van der Waals surface area contributed by atoms with Crippen molar-refractivity contribution in [1.29, 1.82) is 5.41 Å². The maximum absolute atomic E-state index is 7.17. The summed E-state index contributed by atoms with van der Waals surface area (Å²) in [5.41, 5.74) is 11.7. The minimum absolute atomic E-state index is 0.216. The van der Waals surface area contributed by atoms with Crippen LogP contribution in [0.25, 0.3) is 22.2 Å². The lowest BCUT2D eigenvalue weighted by Gasteiger charge is -2.08. The first-order valence-corrected chi connectivity index (χ1v) is 8.85. The fraction of sp³-hybridized carbons (Fsp3) is 0.111. The standard InChI is InChI=1S/C18H16Cl3N5/c1-26-16-5-3-11(19)9-13(16)12(6-7-24-25-18(22)23)17(26)10-2-4-14(20)15(21)8-10/h2-5,7-9H,6H2,1H3,(H4,22,23,25). The van der Waals surface area contributed by atoms with Crippen molar-refractivity contribution < 1.29 is 0 Å². The summed E-state index contributed by atoms with van der Waals surface area (Å²) in [5.74, 6) is -0.216. The van der Waals surface area contributed by atoms with Crippen LogP contribution in [0.4, 0.5) is 0 Å². The molecule has 0 saturated heterocycles. The summed E-state index contributed by atoms with van der Waals surface area (Å²) in [6.07, 6.45) is 2.19. The molecule has 26 heavy (non-hydrogen) atoms. The number of nitrogens with zero attached hydrogens (tertiary/aromatic N) is 2. The number of hydrogen-bond donors (Lipinski definition) is 3. The van der Waals surface area contributed by atoms with Crippen LogP contribution in [0.3, 0.4) is 0 Å². The molecule has 0 aliphatic heterocycles. The van der Waals surface area contributed by atoms with Gasteiger partial charge in [0.15, 0.2) is 0 Å². The molecule has 4 N–H and O–H groups in total. The number of fused-ring (bicyclic) bond motifs is 1. The van der Waals surface area contributed by atoms with Crippen LogP contribution in [0.1, 0.15) is 5.56 Å². The normalized spacial score (nSPS) is 11.4. The number of nitrogens with one attached hydrogen (secondary N) is 2. The third kappa shape index (κ3) is 3.65. The first-order chi connectivity index (χ1) is 12.4. The van der Waals surface area contributed by atoms with Crippen molar-refractivity contribution in [2.75, 3.05) is 0 Å². The van der Waals surface area contributed by atoms with E-state index in [0.29, 0.717) is 21.5 Å². The molecule has 5 nitrogen and oxygen atoms in total. The Labute approximate surface area is 165 Å². The van der Waals surface area contributed by atoms with Crippen molar-refractivity contribution in [3.63, 3.8) is 0 Å². The predicted octanol–water partition coefficient (Wildman–Crippen LogP) is 4.82. The molecule has 0 spiro atoms. The van der Waals surface area contributed by atoms with Crippen LogP contribution >= 0.6 is 34.8 Å². The molecule has 1 aromatic heterocycles. The fourth-order valence-corrected chi connectivity index (χ4v) is 3.43. The Morgan fingerprint density at radius 1 is 1.19 bits per heavy atom. The van der Waals surface area contributed by atoms with E-state index in [-0.39, 0.29) is 5.96 Å². The van der Waals surface area contributed by atoms with Gasteiger partial charge < -0.3 is 10.3 Å². The average molecular weight is 409 g/mol. The van der Waals surface area contributed by atoms with E-state index in [1.807, 2.05) is 37.4 Å². The van der Waals surface area contributed by atoms with Crippen molar-refractivity contribution in [2.24, 2.45) is 17.9 Å². The minimum atomic E-state index is -0.216. The van der Waals surface area contributed by atoms with Gasteiger partial charge in [0.25, 0.3) is 0 Å². The topological polar surface area (TPSA) is 79.2 Å². The molecule has 0 bridgehead atoms. The summed E-state index contributed by atoms with van der Waals surface area (Å²) in [7, 11) is 1.99. The van der Waals surface area contributed by atoms with Gasteiger partial charge in [-0.25, -0.2) is 5.43 Å². The van der Waals surface area contributed by atoms with Crippen molar-refractivity contribution in [2.45, 2.75) is 6.42 Å². The molecule has 0 fully saturated rings. The van der Waals surface area contributed by atoms with Crippen LogP contribution in [0, 0.1) is 5.41 Å². The Hall–Kier alpha value is -2.21. The number of guanidine groups is 1. The summed E-state index contributed by atoms with van der Waals surface area (Å²) in [6, 6.07) is 11.3. The third-order valence-corrected chi connectivity index (χ3v) is 5.01. The van der Waals surface area contributed by atoms with Crippen LogP contribution < -0.4 is 11.2 Å². The lowest BCUT2D eigenvalue weighted by molar-refractivity contribution is 0.969. The van der Waals surface area contributed by atoms with Crippen LogP contribution in [-0.2, 0) is 13.5 Å². The number of aromatic nitrogens is 1. The molecule has 134 valence electrons. The number of halogens is 3. The highest BCUT2D eigenvalue weighted by atomic mass is 35.5. The van der Waals surface area contributed by atoms with Crippen LogP contribution in [0.15, 0.2) is 41.5 Å². The SMILES string of the molecule is Cn1c(-c2ccc(Cl)c(Cl)c2)c(CC=NNC(=N)N)c2cc(Cl)ccc21. The number of nitrogens with two attached hydrogens (primary N) is 1. The number of aryl methyl sites for hydroxylation is 1. The highest BCUT2D eigenvalue weighted by Crippen LogP contribution is 2.36. The van der Waals surface area contributed by atoms with Gasteiger partial charge in [0.2, 0.25) is 5.96 Å². The Kier molecular flexibility index (Phi) is 5.41. The molecule has 3 aromatic rings. The second-order valence-electron chi connectivity index (χ2n) is 5.72. The molecule has 8 heteroatoms. The molecular formula is C18H16Cl3N5. The Balaban J connectivity index is 2.18. The smallest absolute Gasteiger partial charge is 0.206 e. The van der Waals surface area contributed by atoms with Gasteiger partial charge in [-0.3, -0.25) is 5.41 Å². The van der Waals surface area contributed by atoms with Gasteiger partial charge in [-0.15, -0.1) is 0 Å². The van der Waals surface area contributed by atoms with Crippen LogP contribution in [0.2, 0.25) is 15.1 Å². The molecule has 2 aromatic carbocycles. The van der Waals surface area contributed by atoms with E-state index in [9.17, 15) is 0 Å². The lowest BCUT2D eigenvalue weighted by atomic mass is 10.0. The molecule has 0 aliphatic rings. The van der Waals surface area contributed by atoms with Crippen molar-refractivity contribution in [3.05, 3.63) is 57.0 Å². The van der Waals surface area contributed by atoms with E-state index in [4.69, 9.17) is 45.9 Å². The zero-order valence-corrected chi connectivity index (χ0v) is 16.1. The largest absolute Gasteiger partial charge is 0.369 e. The van der Waals surface area contributed by atoms with Crippen LogP contribution in [0.5, 0.6) is 0 Å². The molecule has 0 amide bonds. The second kappa shape index (κ2) is 7.58. The number of benzene rings is 2. The minimum Gasteiger partial charge on any atom is -0.369 e. The summed E-state index contributed by atoms with van der Waals surface area (Å²) in [6.45, 7) is 0. The number of hydrazone groups is 1.